The molecule has 1 fully saturated rings. The summed E-state index contributed by atoms with van der Waals surface area (Å²) in [6.45, 7) is 1.95. The second-order valence-electron chi connectivity index (χ2n) is 7.30. The van der Waals surface area contributed by atoms with Crippen molar-refractivity contribution in [2.45, 2.75) is 38.3 Å². The number of carbonyl (C=O) groups is 2. The fourth-order valence-corrected chi connectivity index (χ4v) is 4.36. The van der Waals surface area contributed by atoms with E-state index in [4.69, 9.17) is 28.5 Å². The van der Waals surface area contributed by atoms with Gasteiger partial charge in [0.2, 0.25) is 11.8 Å². The minimum absolute atomic E-state index is 0.0326. The monoisotopic (exact) mass is 429 g/mol. The minimum atomic E-state index is -0.108. The number of benzene rings is 2. The van der Waals surface area contributed by atoms with Crippen LogP contribution in [-0.4, -0.2) is 35.3 Å². The van der Waals surface area contributed by atoms with E-state index in [-0.39, 0.29) is 30.3 Å². The molecular weight excluding hydrogens is 409 g/mol. The summed E-state index contributed by atoms with van der Waals surface area (Å²) in [7, 11) is 0. The van der Waals surface area contributed by atoms with Crippen molar-refractivity contribution in [2.75, 3.05) is 6.54 Å². The lowest BCUT2D eigenvalue weighted by atomic mass is 10.0. The molecule has 2 aromatic carbocycles. The van der Waals surface area contributed by atoms with Gasteiger partial charge in [-0.05, 0) is 54.3 Å². The molecule has 5 nitrogen and oxygen atoms in total. The SMILES string of the molecule is CC(=O)N[C@H]1C[C@H](Cc2ccc(C#N)cc2)N(C(=O)Cc2cc(Cl)cc(Cl)c2)C1. The van der Waals surface area contributed by atoms with Crippen molar-refractivity contribution in [3.63, 3.8) is 0 Å². The lowest BCUT2D eigenvalue weighted by Crippen LogP contribution is -2.40. The Labute approximate surface area is 180 Å². The Kier molecular flexibility index (Phi) is 6.79. The fraction of sp³-hybridized carbons (Fsp3) is 0.318. The van der Waals surface area contributed by atoms with Crippen molar-refractivity contribution in [1.82, 2.24) is 10.2 Å². The van der Waals surface area contributed by atoms with Gasteiger partial charge in [0.1, 0.15) is 0 Å². The van der Waals surface area contributed by atoms with E-state index in [9.17, 15) is 9.59 Å². The van der Waals surface area contributed by atoms with Gasteiger partial charge in [-0.2, -0.15) is 5.26 Å². The molecule has 0 bridgehead atoms. The Morgan fingerprint density at radius 3 is 2.38 bits per heavy atom. The Hall–Kier alpha value is -2.55. The number of rotatable bonds is 5. The Balaban J connectivity index is 1.76. The maximum absolute atomic E-state index is 13.1. The van der Waals surface area contributed by atoms with Crippen molar-refractivity contribution < 1.29 is 9.59 Å². The van der Waals surface area contributed by atoms with Crippen LogP contribution in [0.1, 0.15) is 30.0 Å². The molecule has 1 saturated heterocycles. The van der Waals surface area contributed by atoms with Crippen molar-refractivity contribution in [3.8, 4) is 6.07 Å². The summed E-state index contributed by atoms with van der Waals surface area (Å²) < 4.78 is 0. The van der Waals surface area contributed by atoms with Crippen LogP contribution in [0.4, 0.5) is 0 Å². The number of carbonyl (C=O) groups excluding carboxylic acids is 2. The van der Waals surface area contributed by atoms with Crippen LogP contribution in [0.15, 0.2) is 42.5 Å². The molecule has 1 N–H and O–H groups in total. The Morgan fingerprint density at radius 1 is 1.14 bits per heavy atom. The maximum Gasteiger partial charge on any atom is 0.227 e. The largest absolute Gasteiger partial charge is 0.352 e. The van der Waals surface area contributed by atoms with Crippen LogP contribution >= 0.6 is 23.2 Å². The first-order chi connectivity index (χ1) is 13.8. The van der Waals surface area contributed by atoms with Gasteiger partial charge in [-0.15, -0.1) is 0 Å². The van der Waals surface area contributed by atoms with Gasteiger partial charge >= 0.3 is 0 Å². The van der Waals surface area contributed by atoms with Gasteiger partial charge in [-0.3, -0.25) is 9.59 Å². The number of likely N-dealkylation sites (tertiary alicyclic amines) is 1. The van der Waals surface area contributed by atoms with E-state index in [0.717, 1.165) is 11.1 Å². The van der Waals surface area contributed by atoms with Gasteiger partial charge in [0.25, 0.3) is 0 Å². The molecule has 0 saturated carbocycles. The third-order valence-corrected chi connectivity index (χ3v) is 5.41. The molecule has 2 atom stereocenters. The normalized spacial score (nSPS) is 18.3. The minimum Gasteiger partial charge on any atom is -0.352 e. The van der Waals surface area contributed by atoms with E-state index < -0.39 is 0 Å². The van der Waals surface area contributed by atoms with Crippen molar-refractivity contribution in [2.24, 2.45) is 0 Å². The fourth-order valence-electron chi connectivity index (χ4n) is 3.78. The highest BCUT2D eigenvalue weighted by molar-refractivity contribution is 6.34. The van der Waals surface area contributed by atoms with Gasteiger partial charge in [0.15, 0.2) is 0 Å². The van der Waals surface area contributed by atoms with E-state index in [0.29, 0.717) is 35.0 Å². The zero-order valence-corrected chi connectivity index (χ0v) is 17.5. The second-order valence-corrected chi connectivity index (χ2v) is 8.17. The van der Waals surface area contributed by atoms with Gasteiger partial charge < -0.3 is 10.2 Å². The lowest BCUT2D eigenvalue weighted by Gasteiger charge is -2.25. The topological polar surface area (TPSA) is 73.2 Å². The Morgan fingerprint density at radius 2 is 1.79 bits per heavy atom. The molecular formula is C22H21Cl2N3O2. The molecule has 2 aromatic rings. The summed E-state index contributed by atoms with van der Waals surface area (Å²) in [6, 6.07) is 14.5. The molecule has 0 aromatic heterocycles. The average Bonchev–Trinajstić information content (AvgIpc) is 3.03. The van der Waals surface area contributed by atoms with Crippen LogP contribution in [0.3, 0.4) is 0 Å². The predicted molar refractivity (Wildman–Crippen MR) is 113 cm³/mol. The molecule has 0 radical (unpaired) electrons. The van der Waals surface area contributed by atoms with Crippen molar-refractivity contribution in [1.29, 1.82) is 5.26 Å². The van der Waals surface area contributed by atoms with Gasteiger partial charge in [0, 0.05) is 35.6 Å². The number of nitrogens with zero attached hydrogens (tertiary/aromatic N) is 2. The molecule has 3 rings (SSSR count). The third kappa shape index (κ3) is 5.72. The van der Waals surface area contributed by atoms with Crippen molar-refractivity contribution >= 4 is 35.0 Å². The standard InChI is InChI=1S/C22H21Cl2N3O2/c1-14(28)26-20-11-21(8-15-2-4-16(12-25)5-3-15)27(13-20)22(29)9-17-6-18(23)10-19(24)7-17/h2-7,10,20-21H,8-9,11,13H2,1H3,(H,26,28)/t20-,21-/m0/s1. The number of amides is 2. The molecule has 7 heteroatoms. The summed E-state index contributed by atoms with van der Waals surface area (Å²) >= 11 is 12.1. The van der Waals surface area contributed by atoms with Crippen LogP contribution < -0.4 is 5.32 Å². The van der Waals surface area contributed by atoms with E-state index in [1.807, 2.05) is 17.0 Å². The number of hydrogen-bond donors (Lipinski definition) is 1. The molecule has 150 valence electrons. The predicted octanol–water partition coefficient (Wildman–Crippen LogP) is 3.76. The molecule has 0 unspecified atom stereocenters. The summed E-state index contributed by atoms with van der Waals surface area (Å²) in [5.74, 6) is -0.141. The number of nitrogens with one attached hydrogen (secondary N) is 1. The van der Waals surface area contributed by atoms with Crippen LogP contribution in [0.5, 0.6) is 0 Å². The summed E-state index contributed by atoms with van der Waals surface area (Å²) in [4.78, 5) is 26.4. The van der Waals surface area contributed by atoms with Gasteiger partial charge in [0.05, 0.1) is 18.1 Å². The summed E-state index contributed by atoms with van der Waals surface area (Å²) in [6.07, 6.45) is 1.53. The van der Waals surface area contributed by atoms with E-state index in [1.54, 1.807) is 30.3 Å². The van der Waals surface area contributed by atoms with E-state index in [1.165, 1.54) is 6.92 Å². The van der Waals surface area contributed by atoms with Gasteiger partial charge in [-0.1, -0.05) is 35.3 Å². The smallest absolute Gasteiger partial charge is 0.227 e. The molecule has 29 heavy (non-hydrogen) atoms. The quantitative estimate of drug-likeness (QED) is 0.785. The highest BCUT2D eigenvalue weighted by Crippen LogP contribution is 2.25. The van der Waals surface area contributed by atoms with Gasteiger partial charge in [-0.25, -0.2) is 0 Å². The van der Waals surface area contributed by atoms with Crippen LogP contribution in [-0.2, 0) is 22.4 Å². The maximum atomic E-state index is 13.1. The lowest BCUT2D eigenvalue weighted by molar-refractivity contribution is -0.131. The zero-order chi connectivity index (χ0) is 21.0. The van der Waals surface area contributed by atoms with Crippen LogP contribution in [0.25, 0.3) is 0 Å². The number of halogens is 2. The van der Waals surface area contributed by atoms with Crippen LogP contribution in [0.2, 0.25) is 10.0 Å². The Bertz CT molecular complexity index is 933. The zero-order valence-electron chi connectivity index (χ0n) is 16.0. The second kappa shape index (κ2) is 9.30. The molecule has 1 aliphatic heterocycles. The first-order valence-corrected chi connectivity index (χ1v) is 10.1. The molecule has 1 heterocycles. The van der Waals surface area contributed by atoms with Crippen molar-refractivity contribution in [3.05, 3.63) is 69.2 Å². The average molecular weight is 430 g/mol. The van der Waals surface area contributed by atoms with E-state index >= 15 is 0 Å². The highest BCUT2D eigenvalue weighted by atomic mass is 35.5. The third-order valence-electron chi connectivity index (χ3n) is 4.97. The summed E-state index contributed by atoms with van der Waals surface area (Å²) in [5.41, 5.74) is 2.40. The first-order valence-electron chi connectivity index (χ1n) is 9.34. The molecule has 0 aliphatic carbocycles. The molecule has 2 amide bonds. The molecule has 0 spiro atoms. The first kappa shape index (κ1) is 21.2. The number of hydrogen-bond acceptors (Lipinski definition) is 3. The highest BCUT2D eigenvalue weighted by Gasteiger charge is 2.35. The number of nitriles is 1. The van der Waals surface area contributed by atoms with Crippen LogP contribution in [0, 0.1) is 11.3 Å². The van der Waals surface area contributed by atoms with E-state index in [2.05, 4.69) is 11.4 Å². The molecule has 1 aliphatic rings. The summed E-state index contributed by atoms with van der Waals surface area (Å²) in [5, 5.41) is 12.9.